The van der Waals surface area contributed by atoms with Crippen molar-refractivity contribution >= 4 is 22.6 Å². The van der Waals surface area contributed by atoms with Crippen LogP contribution in [0.3, 0.4) is 0 Å². The van der Waals surface area contributed by atoms with Gasteiger partial charge in [0.05, 0.1) is 17.6 Å². The Balaban J connectivity index is 1.85. The van der Waals surface area contributed by atoms with Crippen LogP contribution >= 0.6 is 0 Å². The Morgan fingerprint density at radius 2 is 1.96 bits per heavy atom. The van der Waals surface area contributed by atoms with Gasteiger partial charge >= 0.3 is 0 Å². The maximum absolute atomic E-state index is 11.9. The summed E-state index contributed by atoms with van der Waals surface area (Å²) in [4.78, 5) is 19.3. The van der Waals surface area contributed by atoms with Crippen LogP contribution in [0.1, 0.15) is 64.6 Å². The van der Waals surface area contributed by atoms with Gasteiger partial charge in [-0.1, -0.05) is 26.7 Å². The van der Waals surface area contributed by atoms with Gasteiger partial charge in [-0.2, -0.15) is 0 Å². The summed E-state index contributed by atoms with van der Waals surface area (Å²) in [7, 11) is 0. The van der Waals surface area contributed by atoms with Crippen LogP contribution in [0, 0.1) is 0 Å². The van der Waals surface area contributed by atoms with Crippen molar-refractivity contribution in [1.29, 1.82) is 0 Å². The molecule has 1 aliphatic rings. The van der Waals surface area contributed by atoms with Gasteiger partial charge < -0.3 is 9.88 Å². The highest BCUT2D eigenvalue weighted by Crippen LogP contribution is 2.23. The largest absolute Gasteiger partial charge is 0.327 e. The Kier molecular flexibility index (Phi) is 6.67. The zero-order valence-corrected chi connectivity index (χ0v) is 16.3. The van der Waals surface area contributed by atoms with Crippen molar-refractivity contribution in [2.45, 2.75) is 71.9 Å². The van der Waals surface area contributed by atoms with Crippen molar-refractivity contribution in [3.8, 4) is 0 Å². The molecule has 0 saturated carbocycles. The molecule has 142 valence electrons. The van der Waals surface area contributed by atoms with Crippen molar-refractivity contribution in [2.24, 2.45) is 0 Å². The van der Waals surface area contributed by atoms with E-state index in [1.54, 1.807) is 0 Å². The fourth-order valence-corrected chi connectivity index (χ4v) is 3.71. The number of benzene rings is 1. The summed E-state index contributed by atoms with van der Waals surface area (Å²) in [6, 6.07) is 6.13. The molecule has 1 aliphatic heterocycles. The highest BCUT2D eigenvalue weighted by Gasteiger charge is 2.16. The first-order valence-corrected chi connectivity index (χ1v) is 10.2. The Morgan fingerprint density at radius 3 is 2.69 bits per heavy atom. The third-order valence-electron chi connectivity index (χ3n) is 5.14. The second-order valence-corrected chi connectivity index (χ2v) is 7.37. The number of piperidine rings is 1. The molecule has 1 amide bonds. The van der Waals surface area contributed by atoms with Gasteiger partial charge in [0.25, 0.3) is 0 Å². The Bertz CT molecular complexity index is 731. The molecule has 3 rings (SSSR count). The van der Waals surface area contributed by atoms with Gasteiger partial charge in [-0.3, -0.25) is 9.69 Å². The third kappa shape index (κ3) is 4.64. The fourth-order valence-electron chi connectivity index (χ4n) is 3.71. The standard InChI is InChI=1S/C21H32N4O/c1-3-5-14-25-19-11-10-17(22-21(26)9-4-2)15-18(19)23-20(25)16-24-12-7-6-8-13-24/h10-11,15H,3-9,12-14,16H2,1-2H3,(H,22,26). The normalized spacial score (nSPS) is 15.5. The number of unbranched alkanes of at least 4 members (excludes halogenated alkanes) is 1. The molecule has 1 fully saturated rings. The van der Waals surface area contributed by atoms with Gasteiger partial charge in [0.2, 0.25) is 5.91 Å². The van der Waals surface area contributed by atoms with Gasteiger partial charge in [-0.05, 0) is 57.0 Å². The molecule has 0 bridgehead atoms. The number of imidazole rings is 1. The van der Waals surface area contributed by atoms with Crippen LogP contribution in [0.15, 0.2) is 18.2 Å². The fraction of sp³-hybridized carbons (Fsp3) is 0.619. The quantitative estimate of drug-likeness (QED) is 0.754. The predicted molar refractivity (Wildman–Crippen MR) is 107 cm³/mol. The first kappa shape index (κ1) is 18.9. The van der Waals surface area contributed by atoms with Crippen LogP contribution in [0.4, 0.5) is 5.69 Å². The minimum absolute atomic E-state index is 0.0748. The molecule has 0 atom stereocenters. The molecule has 26 heavy (non-hydrogen) atoms. The molecule has 1 saturated heterocycles. The van der Waals surface area contributed by atoms with E-state index in [4.69, 9.17) is 4.98 Å². The number of fused-ring (bicyclic) bond motifs is 1. The predicted octanol–water partition coefficient (Wildman–Crippen LogP) is 4.56. The number of hydrogen-bond donors (Lipinski definition) is 1. The summed E-state index contributed by atoms with van der Waals surface area (Å²) in [6.07, 6.45) is 7.69. The molecule has 0 radical (unpaired) electrons. The van der Waals surface area contributed by atoms with Crippen molar-refractivity contribution in [3.63, 3.8) is 0 Å². The monoisotopic (exact) mass is 356 g/mol. The van der Waals surface area contributed by atoms with Crippen molar-refractivity contribution < 1.29 is 4.79 Å². The second kappa shape index (κ2) is 9.17. The molecule has 5 heteroatoms. The smallest absolute Gasteiger partial charge is 0.224 e. The second-order valence-electron chi connectivity index (χ2n) is 7.37. The molecule has 2 heterocycles. The molecule has 0 aliphatic carbocycles. The maximum atomic E-state index is 11.9. The van der Waals surface area contributed by atoms with E-state index >= 15 is 0 Å². The number of nitrogens with one attached hydrogen (secondary N) is 1. The van der Waals surface area contributed by atoms with Crippen molar-refractivity contribution in [1.82, 2.24) is 14.5 Å². The van der Waals surface area contributed by atoms with E-state index in [1.165, 1.54) is 44.3 Å². The van der Waals surface area contributed by atoms with Crippen LogP contribution < -0.4 is 5.32 Å². The SMILES string of the molecule is CCCCn1c(CN2CCCCC2)nc2cc(NC(=O)CCC)ccc21. The lowest BCUT2D eigenvalue weighted by Gasteiger charge is -2.26. The van der Waals surface area contributed by atoms with E-state index in [0.717, 1.165) is 43.0 Å². The van der Waals surface area contributed by atoms with Crippen molar-refractivity contribution in [2.75, 3.05) is 18.4 Å². The van der Waals surface area contributed by atoms with E-state index in [2.05, 4.69) is 27.8 Å². The molecule has 0 spiro atoms. The van der Waals surface area contributed by atoms with E-state index < -0.39 is 0 Å². The minimum Gasteiger partial charge on any atom is -0.327 e. The number of carbonyl (C=O) groups excluding carboxylic acids is 1. The Morgan fingerprint density at radius 1 is 1.15 bits per heavy atom. The molecule has 2 aromatic rings. The van der Waals surface area contributed by atoms with E-state index in [-0.39, 0.29) is 5.91 Å². The highest BCUT2D eigenvalue weighted by atomic mass is 16.1. The third-order valence-corrected chi connectivity index (χ3v) is 5.14. The summed E-state index contributed by atoms with van der Waals surface area (Å²) in [5, 5.41) is 2.99. The number of hydrogen-bond acceptors (Lipinski definition) is 3. The highest BCUT2D eigenvalue weighted by molar-refractivity contribution is 5.93. The van der Waals surface area contributed by atoms with Gasteiger partial charge in [0.15, 0.2) is 0 Å². The van der Waals surface area contributed by atoms with Gasteiger partial charge in [0, 0.05) is 18.7 Å². The first-order valence-electron chi connectivity index (χ1n) is 10.2. The van der Waals surface area contributed by atoms with Crippen LogP contribution in [0.25, 0.3) is 11.0 Å². The van der Waals surface area contributed by atoms with Gasteiger partial charge in [0.1, 0.15) is 5.82 Å². The van der Waals surface area contributed by atoms with E-state index in [9.17, 15) is 4.79 Å². The lowest BCUT2D eigenvalue weighted by Crippen LogP contribution is -2.30. The number of anilines is 1. The van der Waals surface area contributed by atoms with Crippen LogP contribution in [-0.4, -0.2) is 33.4 Å². The molecule has 1 N–H and O–H groups in total. The van der Waals surface area contributed by atoms with Gasteiger partial charge in [-0.25, -0.2) is 4.98 Å². The molecular weight excluding hydrogens is 324 g/mol. The van der Waals surface area contributed by atoms with Crippen LogP contribution in [0.2, 0.25) is 0 Å². The van der Waals surface area contributed by atoms with Crippen LogP contribution in [0.5, 0.6) is 0 Å². The number of likely N-dealkylation sites (tertiary alicyclic amines) is 1. The average Bonchev–Trinajstić information content (AvgIpc) is 2.97. The number of aromatic nitrogens is 2. The number of rotatable bonds is 8. The molecule has 1 aromatic carbocycles. The lowest BCUT2D eigenvalue weighted by atomic mass is 10.1. The summed E-state index contributed by atoms with van der Waals surface area (Å²) < 4.78 is 2.38. The number of nitrogens with zero attached hydrogens (tertiary/aromatic N) is 3. The summed E-state index contributed by atoms with van der Waals surface area (Å²) in [5.41, 5.74) is 3.02. The Hall–Kier alpha value is -1.88. The minimum atomic E-state index is 0.0748. The lowest BCUT2D eigenvalue weighted by molar-refractivity contribution is -0.116. The number of carbonyl (C=O) groups is 1. The molecule has 0 unspecified atom stereocenters. The topological polar surface area (TPSA) is 50.2 Å². The summed E-state index contributed by atoms with van der Waals surface area (Å²) in [5.74, 6) is 1.23. The zero-order chi connectivity index (χ0) is 18.4. The zero-order valence-electron chi connectivity index (χ0n) is 16.3. The maximum Gasteiger partial charge on any atom is 0.224 e. The number of amides is 1. The first-order chi connectivity index (χ1) is 12.7. The van der Waals surface area contributed by atoms with E-state index in [0.29, 0.717) is 6.42 Å². The Labute approximate surface area is 156 Å². The summed E-state index contributed by atoms with van der Waals surface area (Å²) in [6.45, 7) is 8.54. The average molecular weight is 357 g/mol. The number of aryl methyl sites for hydroxylation is 1. The summed E-state index contributed by atoms with van der Waals surface area (Å²) >= 11 is 0. The van der Waals surface area contributed by atoms with Crippen molar-refractivity contribution in [3.05, 3.63) is 24.0 Å². The van der Waals surface area contributed by atoms with Gasteiger partial charge in [-0.15, -0.1) is 0 Å². The van der Waals surface area contributed by atoms with E-state index in [1.807, 2.05) is 19.1 Å². The van der Waals surface area contributed by atoms with Crippen LogP contribution in [-0.2, 0) is 17.9 Å². The molecule has 1 aromatic heterocycles. The molecule has 5 nitrogen and oxygen atoms in total. The molecular formula is C21H32N4O.